The smallest absolute Gasteiger partial charge is 0.258 e. The highest BCUT2D eigenvalue weighted by molar-refractivity contribution is 5.85. The lowest BCUT2D eigenvalue weighted by molar-refractivity contribution is -0.122. The van der Waals surface area contributed by atoms with Gasteiger partial charge in [0.05, 0.1) is 20.4 Å². The molecule has 1 aliphatic heterocycles. The van der Waals surface area contributed by atoms with Gasteiger partial charge in [0.15, 0.2) is 11.5 Å². The molecule has 2 atom stereocenters. The van der Waals surface area contributed by atoms with Gasteiger partial charge in [-0.15, -0.1) is 0 Å². The van der Waals surface area contributed by atoms with Crippen LogP contribution in [0.4, 0.5) is 0 Å². The molecule has 3 aromatic carbocycles. The second kappa shape index (κ2) is 11.5. The fourth-order valence-electron chi connectivity index (χ4n) is 3.78. The van der Waals surface area contributed by atoms with Crippen LogP contribution in [0, 0.1) is 6.92 Å². The summed E-state index contributed by atoms with van der Waals surface area (Å²) in [5.41, 5.74) is 13.0. The third-order valence-corrected chi connectivity index (χ3v) is 5.82. The number of hydrogen-bond acceptors (Lipinski definition) is 7. The summed E-state index contributed by atoms with van der Waals surface area (Å²) < 4.78 is 16.4. The van der Waals surface area contributed by atoms with Crippen molar-refractivity contribution in [3.8, 4) is 17.2 Å². The van der Waals surface area contributed by atoms with E-state index in [1.807, 2.05) is 30.3 Å². The first kappa shape index (κ1) is 24.3. The Morgan fingerprint density at radius 1 is 1.00 bits per heavy atom. The average molecular weight is 475 g/mol. The summed E-state index contributed by atoms with van der Waals surface area (Å²) in [5.74, 6) is 1.82. The van der Waals surface area contributed by atoms with Gasteiger partial charge in [-0.05, 0) is 60.4 Å². The Hall–Kier alpha value is -3.88. The number of benzene rings is 3. The van der Waals surface area contributed by atoms with Crippen molar-refractivity contribution in [1.82, 2.24) is 16.3 Å². The maximum atomic E-state index is 12.5. The summed E-state index contributed by atoms with van der Waals surface area (Å²) in [4.78, 5) is 12.5. The molecule has 8 nitrogen and oxygen atoms in total. The third kappa shape index (κ3) is 6.38. The fraction of sp³-hybridized carbons (Fsp3) is 0.259. The number of nitrogens with one attached hydrogen (secondary N) is 3. The van der Waals surface area contributed by atoms with Gasteiger partial charge in [0.1, 0.15) is 18.4 Å². The van der Waals surface area contributed by atoms with E-state index in [0.29, 0.717) is 24.5 Å². The van der Waals surface area contributed by atoms with Gasteiger partial charge in [-0.25, -0.2) is 16.3 Å². The summed E-state index contributed by atoms with van der Waals surface area (Å²) in [7, 11) is 3.15. The minimum absolute atomic E-state index is 0.00623. The van der Waals surface area contributed by atoms with Crippen molar-refractivity contribution in [3.05, 3.63) is 89.0 Å². The Bertz CT molecular complexity index is 1160. The van der Waals surface area contributed by atoms with Gasteiger partial charge < -0.3 is 14.2 Å². The van der Waals surface area contributed by atoms with Crippen LogP contribution in [0.15, 0.2) is 71.8 Å². The number of amides is 1. The van der Waals surface area contributed by atoms with Crippen LogP contribution in [0.5, 0.6) is 17.2 Å². The number of rotatable bonds is 9. The predicted molar refractivity (Wildman–Crippen MR) is 135 cm³/mol. The first-order chi connectivity index (χ1) is 17.1. The van der Waals surface area contributed by atoms with Crippen molar-refractivity contribution in [3.63, 3.8) is 0 Å². The molecule has 182 valence electrons. The first-order valence-corrected chi connectivity index (χ1v) is 11.4. The molecule has 1 heterocycles. The second-order valence-corrected chi connectivity index (χ2v) is 8.32. The Kier molecular flexibility index (Phi) is 7.97. The van der Waals surface area contributed by atoms with Crippen LogP contribution in [0.2, 0.25) is 0 Å². The fourth-order valence-corrected chi connectivity index (χ4v) is 3.78. The van der Waals surface area contributed by atoms with Gasteiger partial charge in [0.25, 0.3) is 5.91 Å². The van der Waals surface area contributed by atoms with E-state index >= 15 is 0 Å². The van der Waals surface area contributed by atoms with Crippen molar-refractivity contribution in [2.75, 3.05) is 14.2 Å². The topological polar surface area (TPSA) is 93.2 Å². The number of aryl methyl sites for hydroxylation is 1. The molecule has 1 fully saturated rings. The second-order valence-electron chi connectivity index (χ2n) is 8.32. The number of carbonyl (C=O) groups excluding carboxylic acids is 1. The summed E-state index contributed by atoms with van der Waals surface area (Å²) in [5, 5.41) is 4.07. The summed E-state index contributed by atoms with van der Waals surface area (Å²) in [6.45, 7) is 2.59. The molecule has 3 N–H and O–H groups in total. The van der Waals surface area contributed by atoms with Crippen LogP contribution in [0.3, 0.4) is 0 Å². The molecule has 0 spiro atoms. The van der Waals surface area contributed by atoms with Crippen molar-refractivity contribution in [2.24, 2.45) is 5.10 Å². The van der Waals surface area contributed by atoms with Crippen molar-refractivity contribution in [1.29, 1.82) is 0 Å². The molecule has 35 heavy (non-hydrogen) atoms. The lowest BCUT2D eigenvalue weighted by Crippen LogP contribution is -2.41. The highest BCUT2D eigenvalue weighted by Crippen LogP contribution is 2.27. The molecule has 0 aromatic heterocycles. The van der Waals surface area contributed by atoms with E-state index in [2.05, 4.69) is 52.6 Å². The normalized spacial score (nSPS) is 17.3. The van der Waals surface area contributed by atoms with E-state index in [1.54, 1.807) is 32.6 Å². The van der Waals surface area contributed by atoms with Crippen LogP contribution in [0.1, 0.15) is 34.7 Å². The zero-order valence-electron chi connectivity index (χ0n) is 20.1. The molecule has 0 aliphatic carbocycles. The molecule has 1 aliphatic rings. The molecule has 1 saturated heterocycles. The molecule has 8 heteroatoms. The van der Waals surface area contributed by atoms with Crippen LogP contribution in [-0.2, 0) is 11.4 Å². The van der Waals surface area contributed by atoms with Crippen LogP contribution >= 0.6 is 0 Å². The van der Waals surface area contributed by atoms with E-state index < -0.39 is 6.04 Å². The molecule has 0 saturated carbocycles. The third-order valence-electron chi connectivity index (χ3n) is 5.82. The number of ether oxygens (including phenoxy) is 3. The van der Waals surface area contributed by atoms with E-state index in [0.717, 1.165) is 22.4 Å². The molecule has 0 radical (unpaired) electrons. The molecular formula is C27H30N4O4. The SMILES string of the molecule is COc1ccc(/C=N/NC(=O)C2CC(c3ccc(OCc4ccc(C)cc4)cc3)NN2)cc1OC. The molecule has 0 bridgehead atoms. The monoisotopic (exact) mass is 474 g/mol. The van der Waals surface area contributed by atoms with Gasteiger partial charge >= 0.3 is 0 Å². The van der Waals surface area contributed by atoms with Gasteiger partial charge in [-0.3, -0.25) is 4.79 Å². The lowest BCUT2D eigenvalue weighted by Gasteiger charge is -2.11. The highest BCUT2D eigenvalue weighted by Gasteiger charge is 2.30. The molecule has 2 unspecified atom stereocenters. The van der Waals surface area contributed by atoms with E-state index in [-0.39, 0.29) is 11.9 Å². The Labute approximate surface area is 205 Å². The lowest BCUT2D eigenvalue weighted by atomic mass is 10.0. The quantitative estimate of drug-likeness (QED) is 0.324. The number of hydrogen-bond donors (Lipinski definition) is 3. The van der Waals surface area contributed by atoms with Gasteiger partial charge in [0, 0.05) is 6.04 Å². The highest BCUT2D eigenvalue weighted by atomic mass is 16.5. The maximum absolute atomic E-state index is 12.5. The summed E-state index contributed by atoms with van der Waals surface area (Å²) in [6.07, 6.45) is 2.16. The Morgan fingerprint density at radius 3 is 2.46 bits per heavy atom. The molecule has 3 aromatic rings. The number of carbonyl (C=O) groups is 1. The zero-order valence-corrected chi connectivity index (χ0v) is 20.1. The molecular weight excluding hydrogens is 444 g/mol. The average Bonchev–Trinajstić information content (AvgIpc) is 3.39. The van der Waals surface area contributed by atoms with E-state index in [9.17, 15) is 4.79 Å². The predicted octanol–water partition coefficient (Wildman–Crippen LogP) is 3.65. The molecule has 4 rings (SSSR count). The minimum Gasteiger partial charge on any atom is -0.493 e. The van der Waals surface area contributed by atoms with E-state index in [4.69, 9.17) is 14.2 Å². The van der Waals surface area contributed by atoms with E-state index in [1.165, 1.54) is 5.56 Å². The van der Waals surface area contributed by atoms with Crippen molar-refractivity contribution < 1.29 is 19.0 Å². The number of methoxy groups -OCH3 is 2. The number of nitrogens with zero attached hydrogens (tertiary/aromatic N) is 1. The van der Waals surface area contributed by atoms with Crippen molar-refractivity contribution >= 4 is 12.1 Å². The Morgan fingerprint density at radius 2 is 1.74 bits per heavy atom. The van der Waals surface area contributed by atoms with Crippen LogP contribution < -0.4 is 30.5 Å². The maximum Gasteiger partial charge on any atom is 0.258 e. The first-order valence-electron chi connectivity index (χ1n) is 11.4. The van der Waals surface area contributed by atoms with Crippen LogP contribution in [0.25, 0.3) is 0 Å². The minimum atomic E-state index is -0.403. The van der Waals surface area contributed by atoms with Crippen LogP contribution in [-0.4, -0.2) is 32.4 Å². The standard InChI is InChI=1S/C27H30N4O4/c1-18-4-6-19(7-5-18)17-35-22-11-9-21(10-12-22)23-15-24(30-29-23)27(32)31-28-16-20-8-13-25(33-2)26(14-20)34-3/h4-14,16,23-24,29-30H,15,17H2,1-3H3,(H,31,32)/b28-16+. The molecule has 1 amide bonds. The van der Waals surface area contributed by atoms with Gasteiger partial charge in [-0.1, -0.05) is 42.0 Å². The summed E-state index contributed by atoms with van der Waals surface area (Å²) in [6, 6.07) is 21.2. The van der Waals surface area contributed by atoms with Gasteiger partial charge in [-0.2, -0.15) is 5.10 Å². The number of hydrazine groups is 1. The van der Waals surface area contributed by atoms with Gasteiger partial charge in [0.2, 0.25) is 0 Å². The van der Waals surface area contributed by atoms with Crippen molar-refractivity contribution in [2.45, 2.75) is 32.0 Å². The number of hydrazone groups is 1. The Balaban J connectivity index is 1.26. The zero-order chi connectivity index (χ0) is 24.6. The summed E-state index contributed by atoms with van der Waals surface area (Å²) >= 11 is 0. The largest absolute Gasteiger partial charge is 0.493 e.